The van der Waals surface area contributed by atoms with Crippen LogP contribution >= 0.6 is 12.4 Å². The number of nitrogens with one attached hydrogen (secondary N) is 2. The number of halogens is 1. The Hall–Kier alpha value is -1.85. The zero-order valence-electron chi connectivity index (χ0n) is 10.00. The van der Waals surface area contributed by atoms with Gasteiger partial charge in [-0.3, -0.25) is 4.98 Å². The van der Waals surface area contributed by atoms with Crippen molar-refractivity contribution in [1.29, 1.82) is 0 Å². The van der Waals surface area contributed by atoms with E-state index in [0.29, 0.717) is 5.65 Å². The Morgan fingerprint density at radius 3 is 2.44 bits per heavy atom. The van der Waals surface area contributed by atoms with Crippen LogP contribution in [-0.2, 0) is 0 Å². The van der Waals surface area contributed by atoms with Crippen LogP contribution in [0.5, 0.6) is 0 Å². The summed E-state index contributed by atoms with van der Waals surface area (Å²) in [5.41, 5.74) is 4.49. The molecule has 0 aliphatic heterocycles. The molecule has 4 N–H and O–H groups in total. The summed E-state index contributed by atoms with van der Waals surface area (Å²) >= 11 is 0. The molecule has 3 aromatic rings. The normalized spacial score (nSPS) is 10.1. The minimum atomic E-state index is -0.216. The molecule has 5 nitrogen and oxygen atoms in total. The Morgan fingerprint density at radius 2 is 1.72 bits per heavy atom. The van der Waals surface area contributed by atoms with Crippen LogP contribution in [0, 0.1) is 13.8 Å². The largest absolute Gasteiger partial charge is 0.412 e. The van der Waals surface area contributed by atoms with E-state index in [0.717, 1.165) is 16.4 Å². The van der Waals surface area contributed by atoms with Gasteiger partial charge >= 0.3 is 5.69 Å². The van der Waals surface area contributed by atoms with Gasteiger partial charge in [0.25, 0.3) is 0 Å². The van der Waals surface area contributed by atoms with Crippen molar-refractivity contribution in [1.82, 2.24) is 15.0 Å². The van der Waals surface area contributed by atoms with Crippen molar-refractivity contribution in [2.45, 2.75) is 13.8 Å². The zero-order valence-corrected chi connectivity index (χ0v) is 10.8. The predicted molar refractivity (Wildman–Crippen MR) is 74.6 cm³/mol. The second kappa shape index (κ2) is 4.80. The van der Waals surface area contributed by atoms with Gasteiger partial charge in [-0.15, -0.1) is 12.4 Å². The number of aryl methyl sites for hydroxylation is 2. The molecule has 18 heavy (non-hydrogen) atoms. The summed E-state index contributed by atoms with van der Waals surface area (Å²) in [5.74, 6) is 0. The van der Waals surface area contributed by atoms with Crippen molar-refractivity contribution >= 4 is 34.5 Å². The van der Waals surface area contributed by atoms with Gasteiger partial charge in [-0.1, -0.05) is 0 Å². The van der Waals surface area contributed by atoms with E-state index in [1.165, 1.54) is 11.1 Å². The summed E-state index contributed by atoms with van der Waals surface area (Å²) < 4.78 is 0. The molecule has 0 spiro atoms. The van der Waals surface area contributed by atoms with Gasteiger partial charge in [0.05, 0.1) is 11.0 Å². The number of hydrogen-bond donors (Lipinski definition) is 2. The number of H-pyrrole nitrogens is 2. The lowest BCUT2D eigenvalue weighted by atomic mass is 10.1. The fourth-order valence-corrected chi connectivity index (χ4v) is 1.89. The van der Waals surface area contributed by atoms with E-state index in [4.69, 9.17) is 0 Å². The molecule has 1 aromatic carbocycles. The lowest BCUT2D eigenvalue weighted by Crippen LogP contribution is -1.99. The Labute approximate surface area is 109 Å². The van der Waals surface area contributed by atoms with Crippen molar-refractivity contribution in [2.75, 3.05) is 0 Å². The van der Waals surface area contributed by atoms with Crippen molar-refractivity contribution in [3.05, 3.63) is 39.8 Å². The van der Waals surface area contributed by atoms with Crippen LogP contribution in [0.3, 0.4) is 0 Å². The molecule has 0 atom stereocenters. The van der Waals surface area contributed by atoms with Crippen molar-refractivity contribution in [3.8, 4) is 0 Å². The molecule has 0 saturated carbocycles. The van der Waals surface area contributed by atoms with Gasteiger partial charge in [0, 0.05) is 5.39 Å². The molecular weight excluding hydrogens is 254 g/mol. The molecule has 2 heterocycles. The highest BCUT2D eigenvalue weighted by molar-refractivity contribution is 5.90. The summed E-state index contributed by atoms with van der Waals surface area (Å²) in [7, 11) is 0. The van der Waals surface area contributed by atoms with Gasteiger partial charge < -0.3 is 10.5 Å². The first-order valence-electron chi connectivity index (χ1n) is 5.13. The molecule has 3 rings (SSSR count). The highest BCUT2D eigenvalue weighted by atomic mass is 35.5. The van der Waals surface area contributed by atoms with E-state index in [2.05, 4.69) is 34.9 Å². The minimum absolute atomic E-state index is 0. The number of fused-ring (bicyclic) bond motifs is 2. The summed E-state index contributed by atoms with van der Waals surface area (Å²) in [6.07, 6.45) is 0. The summed E-state index contributed by atoms with van der Waals surface area (Å²) in [6.45, 7) is 4.12. The Kier molecular flexibility index (Phi) is 3.79. The van der Waals surface area contributed by atoms with Gasteiger partial charge in [-0.25, -0.2) is 9.78 Å². The molecule has 0 bridgehead atoms. The van der Waals surface area contributed by atoms with E-state index in [1.807, 2.05) is 12.1 Å². The van der Waals surface area contributed by atoms with Crippen LogP contribution in [0.15, 0.2) is 23.0 Å². The van der Waals surface area contributed by atoms with Gasteiger partial charge in [-0.2, -0.15) is 0 Å². The molecule has 2 aromatic heterocycles. The Morgan fingerprint density at radius 1 is 1.06 bits per heavy atom. The Bertz CT molecular complexity index is 699. The SMILES string of the molecule is Cc1cc2cc3[nH]c(=O)[nH]c3nc2cc1C.Cl.O. The number of nitrogens with zero attached hydrogens (tertiary/aromatic N) is 1. The quantitative estimate of drug-likeness (QED) is 0.648. The van der Waals surface area contributed by atoms with Gasteiger partial charge in [0.2, 0.25) is 0 Å². The molecule has 0 unspecified atom stereocenters. The number of aromatic nitrogens is 3. The number of hydrogen-bond acceptors (Lipinski definition) is 2. The molecule has 96 valence electrons. The lowest BCUT2D eigenvalue weighted by molar-refractivity contribution is 0.824. The summed E-state index contributed by atoms with van der Waals surface area (Å²) in [6, 6.07) is 6.07. The minimum Gasteiger partial charge on any atom is -0.412 e. The molecule has 0 radical (unpaired) electrons. The monoisotopic (exact) mass is 267 g/mol. The topological polar surface area (TPSA) is 93.0 Å². The van der Waals surface area contributed by atoms with Crippen LogP contribution in [0.1, 0.15) is 11.1 Å². The summed E-state index contributed by atoms with van der Waals surface area (Å²) in [5, 5.41) is 1.05. The third-order valence-corrected chi connectivity index (χ3v) is 2.91. The number of aromatic amines is 2. The second-order valence-corrected chi connectivity index (χ2v) is 4.09. The maximum Gasteiger partial charge on any atom is 0.325 e. The van der Waals surface area contributed by atoms with E-state index in [9.17, 15) is 4.79 Å². The van der Waals surface area contributed by atoms with Crippen LogP contribution in [-0.4, -0.2) is 20.4 Å². The van der Waals surface area contributed by atoms with Crippen LogP contribution < -0.4 is 5.69 Å². The first-order chi connectivity index (χ1) is 7.63. The molecular formula is C12H14ClN3O2. The highest BCUT2D eigenvalue weighted by Crippen LogP contribution is 2.20. The smallest absolute Gasteiger partial charge is 0.325 e. The van der Waals surface area contributed by atoms with Crippen molar-refractivity contribution < 1.29 is 5.48 Å². The molecule has 6 heteroatoms. The number of rotatable bonds is 0. The van der Waals surface area contributed by atoms with E-state index in [1.54, 1.807) is 0 Å². The fourth-order valence-electron chi connectivity index (χ4n) is 1.89. The average Bonchev–Trinajstić information content (AvgIpc) is 2.56. The third kappa shape index (κ3) is 2.10. The molecule has 0 aliphatic carbocycles. The molecule has 0 saturated heterocycles. The van der Waals surface area contributed by atoms with Gasteiger partial charge in [0.15, 0.2) is 5.65 Å². The maximum absolute atomic E-state index is 11.2. The Balaban J connectivity index is 0.000000810. The number of pyridine rings is 1. The standard InChI is InChI=1S/C12H11N3O.ClH.H2O/c1-6-3-8-5-10-11(15-12(16)14-10)13-9(8)4-7(6)2;;/h3-5H,1-2H3,(H2,13,14,15,16);1H;1H2. The van der Waals surface area contributed by atoms with E-state index < -0.39 is 0 Å². The second-order valence-electron chi connectivity index (χ2n) is 4.09. The van der Waals surface area contributed by atoms with E-state index in [-0.39, 0.29) is 23.6 Å². The molecule has 0 fully saturated rings. The third-order valence-electron chi connectivity index (χ3n) is 2.91. The van der Waals surface area contributed by atoms with Gasteiger partial charge in [0.1, 0.15) is 0 Å². The first-order valence-corrected chi connectivity index (χ1v) is 5.13. The van der Waals surface area contributed by atoms with Crippen LogP contribution in [0.25, 0.3) is 22.1 Å². The zero-order chi connectivity index (χ0) is 11.3. The van der Waals surface area contributed by atoms with Crippen molar-refractivity contribution in [3.63, 3.8) is 0 Å². The highest BCUT2D eigenvalue weighted by Gasteiger charge is 2.04. The molecule has 0 amide bonds. The average molecular weight is 268 g/mol. The van der Waals surface area contributed by atoms with Gasteiger partial charge in [-0.05, 0) is 43.2 Å². The first kappa shape index (κ1) is 14.2. The fraction of sp³-hybridized carbons (Fsp3) is 0.167. The number of imidazole rings is 1. The lowest BCUT2D eigenvalue weighted by Gasteiger charge is -2.02. The maximum atomic E-state index is 11.2. The molecule has 0 aliphatic rings. The summed E-state index contributed by atoms with van der Waals surface area (Å²) in [4.78, 5) is 20.9. The predicted octanol–water partition coefficient (Wildman–Crippen LogP) is 1.62. The van der Waals surface area contributed by atoms with Crippen LogP contribution in [0.2, 0.25) is 0 Å². The number of benzene rings is 1. The van der Waals surface area contributed by atoms with Crippen molar-refractivity contribution in [2.24, 2.45) is 0 Å². The van der Waals surface area contributed by atoms with Crippen LogP contribution in [0.4, 0.5) is 0 Å². The van der Waals surface area contributed by atoms with E-state index >= 15 is 0 Å².